The van der Waals surface area contributed by atoms with Crippen LogP contribution in [0.2, 0.25) is 0 Å². The fourth-order valence-corrected chi connectivity index (χ4v) is 5.38. The summed E-state index contributed by atoms with van der Waals surface area (Å²) in [5.74, 6) is 0.657. The van der Waals surface area contributed by atoms with Gasteiger partial charge in [-0.15, -0.1) is 0 Å². The largest absolute Gasteiger partial charge is 0.354 e. The number of rotatable bonds is 6. The maximum Gasteiger partial charge on any atom is 0.276 e. The van der Waals surface area contributed by atoms with Crippen LogP contribution in [0.3, 0.4) is 0 Å². The van der Waals surface area contributed by atoms with Crippen LogP contribution in [0.1, 0.15) is 41.7 Å². The highest BCUT2D eigenvalue weighted by Gasteiger charge is 2.17. The third-order valence-electron chi connectivity index (χ3n) is 7.46. The minimum absolute atomic E-state index is 0.266. The Hall–Kier alpha value is -3.82. The van der Waals surface area contributed by atoms with Crippen molar-refractivity contribution in [2.45, 2.75) is 32.2 Å². The highest BCUT2D eigenvalue weighted by molar-refractivity contribution is 6.11. The van der Waals surface area contributed by atoms with Gasteiger partial charge in [-0.25, -0.2) is 4.98 Å². The minimum Gasteiger partial charge on any atom is -0.354 e. The van der Waals surface area contributed by atoms with Crippen LogP contribution < -0.4 is 15.5 Å². The van der Waals surface area contributed by atoms with E-state index in [0.29, 0.717) is 11.4 Å². The highest BCUT2D eigenvalue weighted by Crippen LogP contribution is 2.27. The number of carbonyl (C=O) groups excluding carboxylic acids is 1. The number of nitrogens with one attached hydrogen (secondary N) is 3. The van der Waals surface area contributed by atoms with Crippen molar-refractivity contribution in [2.24, 2.45) is 0 Å². The SMILES string of the molecule is O=C(Nc1ccc(N2CCNCC2)nc1)c1n[nH]c2ccc(-c3cncc(CN4CCCCCC4)c3)cc12. The first kappa shape index (κ1) is 24.5. The van der Waals surface area contributed by atoms with Crippen LogP contribution >= 0.6 is 0 Å². The minimum atomic E-state index is -0.266. The van der Waals surface area contributed by atoms with Crippen LogP contribution in [0.4, 0.5) is 11.5 Å². The summed E-state index contributed by atoms with van der Waals surface area (Å²) in [6.45, 7) is 6.98. The number of hydrogen-bond acceptors (Lipinski definition) is 7. The van der Waals surface area contributed by atoms with Crippen LogP contribution in [0.15, 0.2) is 55.0 Å². The monoisotopic (exact) mass is 510 g/mol. The molecular formula is C29H34N8O. The van der Waals surface area contributed by atoms with Crippen molar-refractivity contribution in [3.8, 4) is 11.1 Å². The van der Waals surface area contributed by atoms with E-state index in [2.05, 4.69) is 46.7 Å². The van der Waals surface area contributed by atoms with Crippen LogP contribution in [0.5, 0.6) is 0 Å². The number of amides is 1. The van der Waals surface area contributed by atoms with Crippen LogP contribution in [0, 0.1) is 0 Å². The molecule has 9 heteroatoms. The van der Waals surface area contributed by atoms with Crippen LogP contribution in [-0.2, 0) is 6.54 Å². The fraction of sp³-hybridized carbons (Fsp3) is 0.379. The second-order valence-electron chi connectivity index (χ2n) is 10.2. The van der Waals surface area contributed by atoms with Crippen molar-refractivity contribution >= 4 is 28.3 Å². The van der Waals surface area contributed by atoms with Crippen molar-refractivity contribution in [3.05, 3.63) is 66.2 Å². The lowest BCUT2D eigenvalue weighted by Gasteiger charge is -2.28. The number of H-pyrrole nitrogens is 1. The average molecular weight is 511 g/mol. The summed E-state index contributed by atoms with van der Waals surface area (Å²) in [6, 6.07) is 12.1. The van der Waals surface area contributed by atoms with Gasteiger partial charge in [0, 0.05) is 56.1 Å². The van der Waals surface area contributed by atoms with Crippen LogP contribution in [-0.4, -0.2) is 70.2 Å². The van der Waals surface area contributed by atoms with Gasteiger partial charge in [0.05, 0.1) is 17.4 Å². The summed E-state index contributed by atoms with van der Waals surface area (Å²) in [6.07, 6.45) is 10.7. The summed E-state index contributed by atoms with van der Waals surface area (Å²) in [7, 11) is 0. The molecule has 2 aliphatic rings. The van der Waals surface area contributed by atoms with Gasteiger partial charge in [0.25, 0.3) is 5.91 Å². The van der Waals surface area contributed by atoms with E-state index in [1.165, 1.54) is 31.2 Å². The quantitative estimate of drug-likeness (QED) is 0.360. The zero-order chi connectivity index (χ0) is 25.7. The predicted molar refractivity (Wildman–Crippen MR) is 150 cm³/mol. The van der Waals surface area contributed by atoms with Crippen LogP contribution in [0.25, 0.3) is 22.0 Å². The molecule has 4 aromatic rings. The zero-order valence-corrected chi connectivity index (χ0v) is 21.6. The van der Waals surface area contributed by atoms with E-state index in [0.717, 1.165) is 73.7 Å². The Labute approximate surface area is 222 Å². The number of hydrogen-bond donors (Lipinski definition) is 3. The molecule has 2 fully saturated rings. The number of benzene rings is 1. The number of aromatic nitrogens is 4. The van der Waals surface area contributed by atoms with E-state index in [1.54, 1.807) is 6.20 Å². The Kier molecular flexibility index (Phi) is 7.28. The molecule has 9 nitrogen and oxygen atoms in total. The topological polar surface area (TPSA) is 102 Å². The Balaban J connectivity index is 1.18. The lowest BCUT2D eigenvalue weighted by molar-refractivity contribution is 0.102. The molecular weight excluding hydrogens is 476 g/mol. The molecule has 2 saturated heterocycles. The first-order chi connectivity index (χ1) is 18.7. The van der Waals surface area contributed by atoms with Gasteiger partial charge in [0.1, 0.15) is 5.82 Å². The molecule has 1 aromatic carbocycles. The van der Waals surface area contributed by atoms with Gasteiger partial charge in [0.15, 0.2) is 5.69 Å². The van der Waals surface area contributed by atoms with Gasteiger partial charge >= 0.3 is 0 Å². The van der Waals surface area contributed by atoms with E-state index >= 15 is 0 Å². The van der Waals surface area contributed by atoms with E-state index in [-0.39, 0.29) is 5.91 Å². The second kappa shape index (κ2) is 11.3. The maximum absolute atomic E-state index is 13.2. The number of likely N-dealkylation sites (tertiary alicyclic amines) is 1. The number of piperazine rings is 1. The molecule has 0 radical (unpaired) electrons. The summed E-state index contributed by atoms with van der Waals surface area (Å²) in [5, 5.41) is 14.4. The molecule has 38 heavy (non-hydrogen) atoms. The number of fused-ring (bicyclic) bond motifs is 1. The van der Waals surface area contributed by atoms with E-state index in [9.17, 15) is 4.79 Å². The maximum atomic E-state index is 13.2. The molecule has 0 atom stereocenters. The summed E-state index contributed by atoms with van der Waals surface area (Å²) in [5.41, 5.74) is 5.10. The normalized spacial score (nSPS) is 16.9. The molecule has 1 amide bonds. The van der Waals surface area contributed by atoms with Crippen molar-refractivity contribution in [2.75, 3.05) is 49.5 Å². The first-order valence-corrected chi connectivity index (χ1v) is 13.6. The molecule has 0 spiro atoms. The average Bonchev–Trinajstić information content (AvgIpc) is 3.22. The highest BCUT2D eigenvalue weighted by atomic mass is 16.1. The molecule has 3 N–H and O–H groups in total. The van der Waals surface area contributed by atoms with Crippen molar-refractivity contribution < 1.29 is 4.79 Å². The molecule has 0 bridgehead atoms. The van der Waals surface area contributed by atoms with Gasteiger partial charge in [-0.1, -0.05) is 18.9 Å². The summed E-state index contributed by atoms with van der Waals surface area (Å²) >= 11 is 0. The predicted octanol–water partition coefficient (Wildman–Crippen LogP) is 4.06. The number of nitrogens with zero attached hydrogens (tertiary/aromatic N) is 5. The smallest absolute Gasteiger partial charge is 0.276 e. The number of aromatic amines is 1. The lowest BCUT2D eigenvalue weighted by Crippen LogP contribution is -2.43. The Bertz CT molecular complexity index is 1390. The van der Waals surface area contributed by atoms with Gasteiger partial charge in [-0.2, -0.15) is 5.10 Å². The standard InChI is InChI=1S/C29H34N8O/c38-29(33-24-6-8-27(32-19-24)37-13-9-30-10-14-37)28-25-16-22(5-7-26(25)34-35-28)23-15-21(17-31-18-23)20-36-11-3-1-2-4-12-36/h5-8,15-19,30H,1-4,9-14,20H2,(H,33,38)(H,34,35). The van der Waals surface area contributed by atoms with Gasteiger partial charge in [-0.05, 0) is 67.4 Å². The molecule has 196 valence electrons. The van der Waals surface area contributed by atoms with E-state index in [1.807, 2.05) is 42.7 Å². The Morgan fingerprint density at radius 1 is 0.895 bits per heavy atom. The van der Waals surface area contributed by atoms with Gasteiger partial charge in [0.2, 0.25) is 0 Å². The molecule has 0 aliphatic carbocycles. The number of anilines is 2. The Morgan fingerprint density at radius 3 is 2.53 bits per heavy atom. The molecule has 0 saturated carbocycles. The lowest BCUT2D eigenvalue weighted by atomic mass is 10.0. The van der Waals surface area contributed by atoms with E-state index < -0.39 is 0 Å². The number of carbonyl (C=O) groups is 1. The second-order valence-corrected chi connectivity index (χ2v) is 10.2. The molecule has 5 heterocycles. The van der Waals surface area contributed by atoms with Gasteiger partial charge < -0.3 is 15.5 Å². The van der Waals surface area contributed by atoms with Crippen molar-refractivity contribution in [3.63, 3.8) is 0 Å². The fourth-order valence-electron chi connectivity index (χ4n) is 5.38. The molecule has 3 aromatic heterocycles. The first-order valence-electron chi connectivity index (χ1n) is 13.6. The van der Waals surface area contributed by atoms with E-state index in [4.69, 9.17) is 0 Å². The van der Waals surface area contributed by atoms with Crippen molar-refractivity contribution in [1.29, 1.82) is 0 Å². The van der Waals surface area contributed by atoms with Crippen molar-refractivity contribution in [1.82, 2.24) is 30.4 Å². The zero-order valence-electron chi connectivity index (χ0n) is 21.6. The molecule has 0 unspecified atom stereocenters. The third-order valence-corrected chi connectivity index (χ3v) is 7.46. The van der Waals surface area contributed by atoms with Gasteiger partial charge in [-0.3, -0.25) is 19.8 Å². The molecule has 2 aliphatic heterocycles. The number of pyridine rings is 2. The molecule has 6 rings (SSSR count). The summed E-state index contributed by atoms with van der Waals surface area (Å²) in [4.78, 5) is 27.0. The Morgan fingerprint density at radius 2 is 1.74 bits per heavy atom. The third kappa shape index (κ3) is 5.54. The summed E-state index contributed by atoms with van der Waals surface area (Å²) < 4.78 is 0.